The number of carbonyl (C=O) groups is 1. The Balaban J connectivity index is 1.31. The van der Waals surface area contributed by atoms with Crippen molar-refractivity contribution in [1.29, 1.82) is 0 Å². The molecule has 0 bridgehead atoms. The summed E-state index contributed by atoms with van der Waals surface area (Å²) in [7, 11) is 0. The van der Waals surface area contributed by atoms with Crippen LogP contribution in [-0.2, 0) is 12.7 Å². The fourth-order valence-corrected chi connectivity index (χ4v) is 4.93. The second kappa shape index (κ2) is 12.1. The number of nitrogens with one attached hydrogen (secondary N) is 2. The van der Waals surface area contributed by atoms with Crippen molar-refractivity contribution in [1.82, 2.24) is 19.8 Å². The third-order valence-electron chi connectivity index (χ3n) is 7.02. The maximum atomic E-state index is 14.0. The van der Waals surface area contributed by atoms with Gasteiger partial charge < -0.3 is 20.1 Å². The van der Waals surface area contributed by atoms with Crippen LogP contribution in [0.1, 0.15) is 35.3 Å². The molecular formula is C28H30ClF3N6O3. The highest BCUT2D eigenvalue weighted by Crippen LogP contribution is 2.39. The first-order valence-electron chi connectivity index (χ1n) is 13.3. The lowest BCUT2D eigenvalue weighted by molar-refractivity contribution is -0.138. The summed E-state index contributed by atoms with van der Waals surface area (Å²) in [4.78, 5) is 25.6. The van der Waals surface area contributed by atoms with Gasteiger partial charge in [0, 0.05) is 50.0 Å². The Morgan fingerprint density at radius 1 is 1.15 bits per heavy atom. The van der Waals surface area contributed by atoms with Crippen LogP contribution in [0.3, 0.4) is 0 Å². The third kappa shape index (κ3) is 6.83. The molecule has 1 saturated heterocycles. The summed E-state index contributed by atoms with van der Waals surface area (Å²) >= 11 is 6.30. The molecule has 41 heavy (non-hydrogen) atoms. The predicted octanol–water partition coefficient (Wildman–Crippen LogP) is 5.52. The summed E-state index contributed by atoms with van der Waals surface area (Å²) in [6.07, 6.45) is -3.28. The molecule has 2 aromatic carbocycles. The highest BCUT2D eigenvalue weighted by molar-refractivity contribution is 6.32. The Labute approximate surface area is 240 Å². The van der Waals surface area contributed by atoms with Gasteiger partial charge in [-0.1, -0.05) is 17.7 Å². The first-order chi connectivity index (χ1) is 19.6. The molecule has 0 atom stereocenters. The Hall–Kier alpha value is -3.61. The molecule has 9 nitrogen and oxygen atoms in total. The molecule has 1 amide bonds. The molecule has 0 aliphatic carbocycles. The molecule has 13 heteroatoms. The number of piperazine rings is 1. The lowest BCUT2D eigenvalue weighted by Gasteiger charge is -2.37. The number of benzene rings is 2. The average Bonchev–Trinajstić information content (AvgIpc) is 2.95. The monoisotopic (exact) mass is 590 g/mol. The second-order valence-electron chi connectivity index (χ2n) is 10.1. The van der Waals surface area contributed by atoms with Crippen molar-refractivity contribution >= 4 is 29.0 Å². The van der Waals surface area contributed by atoms with Crippen molar-refractivity contribution < 1.29 is 27.4 Å². The van der Waals surface area contributed by atoms with Crippen molar-refractivity contribution in [2.45, 2.75) is 32.6 Å². The Kier molecular flexibility index (Phi) is 8.52. The van der Waals surface area contributed by atoms with Crippen LogP contribution in [0.2, 0.25) is 5.02 Å². The van der Waals surface area contributed by atoms with Gasteiger partial charge in [0.25, 0.3) is 11.8 Å². The van der Waals surface area contributed by atoms with Crippen molar-refractivity contribution in [2.24, 2.45) is 0 Å². The molecule has 3 aromatic rings. The quantitative estimate of drug-likeness (QED) is 0.372. The first-order valence-corrected chi connectivity index (χ1v) is 13.6. The third-order valence-corrected chi connectivity index (χ3v) is 7.33. The number of halogens is 4. The molecule has 0 saturated carbocycles. The summed E-state index contributed by atoms with van der Waals surface area (Å²) < 4.78 is 53.6. The first kappa shape index (κ1) is 28.9. The molecule has 1 fully saturated rings. The van der Waals surface area contributed by atoms with Crippen LogP contribution in [0.15, 0.2) is 42.7 Å². The van der Waals surface area contributed by atoms with E-state index in [4.69, 9.17) is 21.1 Å². The fraction of sp³-hybridized carbons (Fsp3) is 0.393. The number of amides is 1. The van der Waals surface area contributed by atoms with E-state index in [1.165, 1.54) is 36.7 Å². The van der Waals surface area contributed by atoms with E-state index in [9.17, 15) is 18.0 Å². The number of hydrogen-bond acceptors (Lipinski definition) is 8. The van der Waals surface area contributed by atoms with Crippen LogP contribution in [0.4, 0.5) is 24.7 Å². The van der Waals surface area contributed by atoms with E-state index in [1.54, 1.807) is 0 Å². The minimum absolute atomic E-state index is 0.0254. The predicted molar refractivity (Wildman–Crippen MR) is 149 cm³/mol. The molecule has 0 radical (unpaired) electrons. The lowest BCUT2D eigenvalue weighted by atomic mass is 10.0. The Morgan fingerprint density at radius 3 is 2.66 bits per heavy atom. The number of rotatable bonds is 7. The molecule has 0 spiro atoms. The summed E-state index contributed by atoms with van der Waals surface area (Å²) in [5.74, 6) is 0.384. The van der Waals surface area contributed by atoms with Crippen LogP contribution < -0.4 is 20.1 Å². The number of carbonyl (C=O) groups excluding carboxylic acids is 1. The van der Waals surface area contributed by atoms with E-state index in [0.717, 1.165) is 19.2 Å². The van der Waals surface area contributed by atoms with Crippen LogP contribution in [0.5, 0.6) is 17.4 Å². The topological polar surface area (TPSA) is 91.9 Å². The number of anilines is 2. The smallest absolute Gasteiger partial charge is 0.416 e. The van der Waals surface area contributed by atoms with Gasteiger partial charge in [0.05, 0.1) is 17.1 Å². The Morgan fingerprint density at radius 2 is 1.93 bits per heavy atom. The minimum atomic E-state index is -4.58. The number of fused-ring (bicyclic) bond motifs is 1. The number of ether oxygens (including phenoxy) is 2. The highest BCUT2D eigenvalue weighted by atomic mass is 35.5. The average molecular weight is 591 g/mol. The van der Waals surface area contributed by atoms with Crippen LogP contribution in [0, 0.1) is 0 Å². The van der Waals surface area contributed by atoms with Crippen molar-refractivity contribution in [3.63, 3.8) is 0 Å². The molecule has 5 rings (SSSR count). The summed E-state index contributed by atoms with van der Waals surface area (Å²) in [6, 6.07) is 8.59. The van der Waals surface area contributed by atoms with Gasteiger partial charge in [-0.25, -0.2) is 4.98 Å². The van der Waals surface area contributed by atoms with Gasteiger partial charge in [-0.2, -0.15) is 18.2 Å². The normalized spacial score (nSPS) is 16.1. The van der Waals surface area contributed by atoms with Crippen LogP contribution in [0.25, 0.3) is 0 Å². The molecule has 218 valence electrons. The zero-order chi connectivity index (χ0) is 29.1. The lowest BCUT2D eigenvalue weighted by Crippen LogP contribution is -2.48. The van der Waals surface area contributed by atoms with E-state index < -0.39 is 17.6 Å². The molecule has 2 aliphatic heterocycles. The summed E-state index contributed by atoms with van der Waals surface area (Å²) in [5.41, 5.74) is -0.450. The van der Waals surface area contributed by atoms with Gasteiger partial charge >= 0.3 is 6.18 Å². The molecule has 1 aromatic heterocycles. The van der Waals surface area contributed by atoms with Gasteiger partial charge in [-0.05, 0) is 49.7 Å². The molecule has 2 aliphatic rings. The second-order valence-corrected chi connectivity index (χ2v) is 10.5. The standard InChI is InChI=1S/C28H30ClF3N6O3/c1-17(2)38-10-8-37(9-11-38)15-19-3-5-20(14-21(19)28(30,31)32)36-26(39)18-4-6-22(29)23(13-18)41-27-24-25(34-16-35-27)33-7-12-40-24/h3-6,13-14,16-17H,7-12,15H2,1-2H3,(H,36,39)(H,33,34,35). The molecule has 2 N–H and O–H groups in total. The number of alkyl halides is 3. The van der Waals surface area contributed by atoms with E-state index >= 15 is 0 Å². The fourth-order valence-electron chi connectivity index (χ4n) is 4.77. The van der Waals surface area contributed by atoms with E-state index in [0.29, 0.717) is 43.9 Å². The van der Waals surface area contributed by atoms with Gasteiger partial charge in [0.1, 0.15) is 18.7 Å². The summed E-state index contributed by atoms with van der Waals surface area (Å²) in [5, 5.41) is 5.84. The van der Waals surface area contributed by atoms with E-state index in [-0.39, 0.29) is 40.0 Å². The maximum absolute atomic E-state index is 14.0. The van der Waals surface area contributed by atoms with Gasteiger partial charge in [-0.3, -0.25) is 14.6 Å². The highest BCUT2D eigenvalue weighted by Gasteiger charge is 2.34. The molecule has 3 heterocycles. The van der Waals surface area contributed by atoms with Crippen molar-refractivity contribution in [3.05, 3.63) is 64.4 Å². The van der Waals surface area contributed by atoms with E-state index in [2.05, 4.69) is 39.3 Å². The number of hydrogen-bond donors (Lipinski definition) is 2. The SMILES string of the molecule is CC(C)N1CCN(Cc2ccc(NC(=O)c3ccc(Cl)c(Oc4ncnc5c4OCCN5)c3)cc2C(F)(F)F)CC1. The van der Waals surface area contributed by atoms with Crippen LogP contribution in [-0.4, -0.2) is 71.0 Å². The van der Waals surface area contributed by atoms with E-state index in [1.807, 2.05) is 4.90 Å². The maximum Gasteiger partial charge on any atom is 0.416 e. The van der Waals surface area contributed by atoms with Crippen molar-refractivity contribution in [3.8, 4) is 17.4 Å². The summed E-state index contributed by atoms with van der Waals surface area (Å²) in [6.45, 7) is 8.36. The largest absolute Gasteiger partial charge is 0.483 e. The zero-order valence-electron chi connectivity index (χ0n) is 22.6. The number of nitrogens with zero attached hydrogens (tertiary/aromatic N) is 4. The minimum Gasteiger partial charge on any atom is -0.483 e. The molecule has 0 unspecified atom stereocenters. The van der Waals surface area contributed by atoms with Gasteiger partial charge in [0.2, 0.25) is 5.75 Å². The molecular weight excluding hydrogens is 561 g/mol. The van der Waals surface area contributed by atoms with Crippen molar-refractivity contribution in [2.75, 3.05) is 50.0 Å². The van der Waals surface area contributed by atoms with Gasteiger partial charge in [0.15, 0.2) is 5.82 Å². The van der Waals surface area contributed by atoms with Crippen LogP contribution >= 0.6 is 11.6 Å². The number of aromatic nitrogens is 2. The Bertz CT molecular complexity index is 1410. The van der Waals surface area contributed by atoms with Gasteiger partial charge in [-0.15, -0.1) is 0 Å². The zero-order valence-corrected chi connectivity index (χ0v) is 23.3.